The normalized spacial score (nSPS) is 15.6. The third-order valence-corrected chi connectivity index (χ3v) is 8.01. The molecule has 0 fully saturated rings. The standard InChI is InChI=1S/C22H19Cl2N3O6S2/c1-34(29,30)27-13-21(33-20-10-5-15(24)12-19(20)27)22(28)25-16-6-8-18(9-7-16)35(31,32)26-17-4-2-3-14(23)11-17/h2-12,21,26H,13H2,1H3,(H,25,28)/t21-/m1/s1. The molecule has 0 saturated carbocycles. The Hall–Kier alpha value is -2.99. The Labute approximate surface area is 212 Å². The minimum absolute atomic E-state index is 0.0292. The van der Waals surface area contributed by atoms with Crippen molar-refractivity contribution in [2.45, 2.75) is 11.0 Å². The second-order valence-electron chi connectivity index (χ2n) is 7.64. The summed E-state index contributed by atoms with van der Waals surface area (Å²) in [4.78, 5) is 12.8. The minimum atomic E-state index is -3.89. The molecule has 1 atom stereocenters. The van der Waals surface area contributed by atoms with Gasteiger partial charge in [-0.15, -0.1) is 0 Å². The highest BCUT2D eigenvalue weighted by molar-refractivity contribution is 7.92. The fraction of sp³-hybridized carbons (Fsp3) is 0.136. The van der Waals surface area contributed by atoms with E-state index in [4.69, 9.17) is 27.9 Å². The van der Waals surface area contributed by atoms with Gasteiger partial charge in [0.25, 0.3) is 15.9 Å². The van der Waals surface area contributed by atoms with Gasteiger partial charge in [-0.25, -0.2) is 16.8 Å². The van der Waals surface area contributed by atoms with Gasteiger partial charge in [0.05, 0.1) is 29.1 Å². The number of halogens is 2. The lowest BCUT2D eigenvalue weighted by molar-refractivity contribution is -0.122. The Morgan fingerprint density at radius 3 is 2.29 bits per heavy atom. The van der Waals surface area contributed by atoms with E-state index in [1.165, 1.54) is 48.5 Å². The van der Waals surface area contributed by atoms with Crippen molar-refractivity contribution in [1.29, 1.82) is 0 Å². The van der Waals surface area contributed by atoms with Gasteiger partial charge in [0.2, 0.25) is 10.0 Å². The van der Waals surface area contributed by atoms with E-state index >= 15 is 0 Å². The van der Waals surface area contributed by atoms with Gasteiger partial charge < -0.3 is 10.1 Å². The van der Waals surface area contributed by atoms with Crippen molar-refractivity contribution in [3.63, 3.8) is 0 Å². The molecule has 4 rings (SSSR count). The number of anilines is 3. The summed E-state index contributed by atoms with van der Waals surface area (Å²) in [6.45, 7) is -0.256. The first kappa shape index (κ1) is 25.1. The Bertz CT molecular complexity index is 1500. The number of sulfonamides is 2. The molecule has 0 aliphatic carbocycles. The number of ether oxygens (including phenoxy) is 1. The molecule has 3 aromatic rings. The number of nitrogens with zero attached hydrogens (tertiary/aromatic N) is 1. The van der Waals surface area contributed by atoms with Crippen molar-refractivity contribution in [2.75, 3.05) is 27.1 Å². The summed E-state index contributed by atoms with van der Waals surface area (Å²) in [7, 11) is -7.60. The Balaban J connectivity index is 1.49. The van der Waals surface area contributed by atoms with Crippen molar-refractivity contribution >= 4 is 66.2 Å². The molecule has 1 aliphatic rings. The zero-order valence-corrected chi connectivity index (χ0v) is 21.2. The second-order valence-corrected chi connectivity index (χ2v) is 12.1. The molecule has 0 bridgehead atoms. The monoisotopic (exact) mass is 555 g/mol. The number of hydrogen-bond acceptors (Lipinski definition) is 6. The SMILES string of the molecule is CS(=O)(=O)N1C[C@H](C(=O)Nc2ccc(S(=O)(=O)Nc3cccc(Cl)c3)cc2)Oc2ccc(Cl)cc21. The maximum absolute atomic E-state index is 12.8. The van der Waals surface area contributed by atoms with Crippen molar-refractivity contribution in [1.82, 2.24) is 0 Å². The van der Waals surface area contributed by atoms with E-state index in [2.05, 4.69) is 10.0 Å². The highest BCUT2D eigenvalue weighted by Crippen LogP contribution is 2.37. The molecule has 184 valence electrons. The van der Waals surface area contributed by atoms with Crippen LogP contribution in [0.25, 0.3) is 0 Å². The van der Waals surface area contributed by atoms with Gasteiger partial charge in [-0.2, -0.15) is 0 Å². The third-order valence-electron chi connectivity index (χ3n) is 4.99. The molecular weight excluding hydrogens is 537 g/mol. The summed E-state index contributed by atoms with van der Waals surface area (Å²) in [6, 6.07) is 16.2. The summed E-state index contributed by atoms with van der Waals surface area (Å²) >= 11 is 11.9. The van der Waals surface area contributed by atoms with Crippen LogP contribution in [0.5, 0.6) is 5.75 Å². The largest absolute Gasteiger partial charge is 0.476 e. The van der Waals surface area contributed by atoms with E-state index in [9.17, 15) is 21.6 Å². The Kier molecular flexibility index (Phi) is 6.87. The summed E-state index contributed by atoms with van der Waals surface area (Å²) in [5, 5.41) is 3.32. The number of rotatable bonds is 6. The van der Waals surface area contributed by atoms with Crippen LogP contribution in [0.4, 0.5) is 17.1 Å². The average Bonchev–Trinajstić information content (AvgIpc) is 2.77. The highest BCUT2D eigenvalue weighted by Gasteiger charge is 2.35. The first-order valence-corrected chi connectivity index (χ1v) is 14.1. The predicted molar refractivity (Wildman–Crippen MR) is 135 cm³/mol. The van der Waals surface area contributed by atoms with Gasteiger partial charge >= 0.3 is 0 Å². The molecule has 0 saturated heterocycles. The van der Waals surface area contributed by atoms with Crippen LogP contribution in [-0.2, 0) is 24.8 Å². The van der Waals surface area contributed by atoms with Crippen molar-refractivity contribution in [2.24, 2.45) is 0 Å². The second kappa shape index (κ2) is 9.57. The first-order chi connectivity index (χ1) is 16.4. The molecule has 0 aromatic heterocycles. The molecule has 3 aromatic carbocycles. The molecule has 1 aliphatic heterocycles. The molecule has 1 amide bonds. The number of fused-ring (bicyclic) bond motifs is 1. The lowest BCUT2D eigenvalue weighted by Gasteiger charge is -2.34. The maximum Gasteiger partial charge on any atom is 0.267 e. The van der Waals surface area contributed by atoms with Gasteiger partial charge in [0.15, 0.2) is 6.10 Å². The van der Waals surface area contributed by atoms with E-state index in [0.29, 0.717) is 21.4 Å². The van der Waals surface area contributed by atoms with Crippen LogP contribution in [-0.4, -0.2) is 41.6 Å². The third kappa shape index (κ3) is 5.81. The van der Waals surface area contributed by atoms with E-state index in [0.717, 1.165) is 10.6 Å². The number of benzene rings is 3. The summed E-state index contributed by atoms with van der Waals surface area (Å²) in [5.41, 5.74) is 0.847. The molecule has 0 radical (unpaired) electrons. The Morgan fingerprint density at radius 2 is 1.63 bits per heavy atom. The molecule has 13 heteroatoms. The number of hydrogen-bond donors (Lipinski definition) is 2. The zero-order valence-electron chi connectivity index (χ0n) is 18.1. The fourth-order valence-electron chi connectivity index (χ4n) is 3.38. The fourth-order valence-corrected chi connectivity index (χ4v) is 5.69. The van der Waals surface area contributed by atoms with Gasteiger partial charge in [-0.05, 0) is 60.7 Å². The summed E-state index contributed by atoms with van der Waals surface area (Å²) in [5.74, 6) is -0.410. The first-order valence-electron chi connectivity index (χ1n) is 10.1. The van der Waals surface area contributed by atoms with Crippen LogP contribution < -0.4 is 19.1 Å². The van der Waals surface area contributed by atoms with Gasteiger partial charge in [0.1, 0.15) is 5.75 Å². The topological polar surface area (TPSA) is 122 Å². The van der Waals surface area contributed by atoms with Crippen LogP contribution in [0, 0.1) is 0 Å². The van der Waals surface area contributed by atoms with E-state index in [1.807, 2.05) is 0 Å². The van der Waals surface area contributed by atoms with E-state index < -0.39 is 32.1 Å². The highest BCUT2D eigenvalue weighted by atomic mass is 35.5. The summed E-state index contributed by atoms with van der Waals surface area (Å²) in [6.07, 6.45) is -0.125. The zero-order chi connectivity index (χ0) is 25.4. The minimum Gasteiger partial charge on any atom is -0.476 e. The molecule has 0 spiro atoms. The van der Waals surface area contributed by atoms with Gasteiger partial charge in [-0.3, -0.25) is 13.8 Å². The average molecular weight is 556 g/mol. The molecule has 0 unspecified atom stereocenters. The van der Waals surface area contributed by atoms with Crippen molar-refractivity contribution in [3.05, 3.63) is 76.8 Å². The number of nitrogens with one attached hydrogen (secondary N) is 2. The van der Waals surface area contributed by atoms with Crippen molar-refractivity contribution in [3.8, 4) is 5.75 Å². The Morgan fingerprint density at radius 1 is 0.943 bits per heavy atom. The van der Waals surface area contributed by atoms with Crippen LogP contribution >= 0.6 is 23.2 Å². The number of amides is 1. The van der Waals surface area contributed by atoms with E-state index in [-0.39, 0.29) is 22.9 Å². The van der Waals surface area contributed by atoms with E-state index in [1.54, 1.807) is 18.2 Å². The van der Waals surface area contributed by atoms with Gasteiger partial charge in [-0.1, -0.05) is 29.3 Å². The van der Waals surface area contributed by atoms with Crippen molar-refractivity contribution < 1.29 is 26.4 Å². The lowest BCUT2D eigenvalue weighted by atomic mass is 10.2. The van der Waals surface area contributed by atoms with Crippen LogP contribution in [0.1, 0.15) is 0 Å². The smallest absolute Gasteiger partial charge is 0.267 e. The molecule has 2 N–H and O–H groups in total. The molecule has 1 heterocycles. The maximum atomic E-state index is 12.8. The molecule has 9 nitrogen and oxygen atoms in total. The quantitative estimate of drug-likeness (QED) is 0.474. The number of carbonyl (C=O) groups is 1. The summed E-state index contributed by atoms with van der Waals surface area (Å²) < 4.78 is 59.0. The number of carbonyl (C=O) groups excluding carboxylic acids is 1. The molecular formula is C22H19Cl2N3O6S2. The van der Waals surface area contributed by atoms with Crippen LogP contribution in [0.2, 0.25) is 10.0 Å². The van der Waals surface area contributed by atoms with Gasteiger partial charge in [0, 0.05) is 15.7 Å². The molecule has 35 heavy (non-hydrogen) atoms. The van der Waals surface area contributed by atoms with Crippen LogP contribution in [0.15, 0.2) is 71.6 Å². The lowest BCUT2D eigenvalue weighted by Crippen LogP contribution is -2.48. The van der Waals surface area contributed by atoms with Crippen LogP contribution in [0.3, 0.4) is 0 Å². The predicted octanol–water partition coefficient (Wildman–Crippen LogP) is 3.96.